The van der Waals surface area contributed by atoms with Crippen molar-refractivity contribution in [3.8, 4) is 0 Å². The Kier molecular flexibility index (Phi) is 7.64. The van der Waals surface area contributed by atoms with Gasteiger partial charge in [-0.1, -0.05) is 48.0 Å². The Morgan fingerprint density at radius 3 is 2.59 bits per heavy atom. The molecule has 0 unspecified atom stereocenters. The number of thiazole rings is 1. The number of allylic oxidation sites excluding steroid dienone is 1. The van der Waals surface area contributed by atoms with Crippen LogP contribution in [0.1, 0.15) is 47.0 Å². The highest BCUT2D eigenvalue weighted by atomic mass is 35.5. The third-order valence-electron chi connectivity index (χ3n) is 6.68. The third kappa shape index (κ3) is 5.78. The molecule has 0 spiro atoms. The standard InChI is InChI=1S/C28H22ClF4N5O2S/c29-20-10-18(30)6-7-19(20)23-22(17-12-35-38(13-17)27(31)32)21(36-24(37-23)25-34-8-9-41-25)11-28(33)14-39-26(40-15-28)16-4-2-1-3-5-16/h1-10,12-13,23,26-27H,11,14-15H2,(H,36,37)/t23-,26-,28+/m0/s1. The molecule has 2 aliphatic rings. The molecule has 1 saturated heterocycles. The molecule has 4 aromatic rings. The first-order valence-electron chi connectivity index (χ1n) is 12.5. The summed E-state index contributed by atoms with van der Waals surface area (Å²) in [4.78, 5) is 9.12. The number of rotatable bonds is 7. The van der Waals surface area contributed by atoms with Gasteiger partial charge in [-0.15, -0.1) is 11.3 Å². The second kappa shape index (κ2) is 11.4. The summed E-state index contributed by atoms with van der Waals surface area (Å²) >= 11 is 7.77. The molecule has 13 heteroatoms. The monoisotopic (exact) mass is 603 g/mol. The summed E-state index contributed by atoms with van der Waals surface area (Å²) in [5.74, 6) is -0.228. The van der Waals surface area contributed by atoms with Crippen LogP contribution in [0.4, 0.5) is 17.6 Å². The van der Waals surface area contributed by atoms with Crippen LogP contribution in [-0.2, 0) is 9.47 Å². The number of aromatic nitrogens is 3. The van der Waals surface area contributed by atoms with Crippen molar-refractivity contribution in [2.24, 2.45) is 4.99 Å². The van der Waals surface area contributed by atoms with Gasteiger partial charge in [-0.2, -0.15) is 13.9 Å². The Balaban J connectivity index is 1.42. The van der Waals surface area contributed by atoms with Crippen LogP contribution in [0.25, 0.3) is 5.57 Å². The fourth-order valence-electron chi connectivity index (χ4n) is 4.82. The van der Waals surface area contributed by atoms with E-state index in [4.69, 9.17) is 26.1 Å². The van der Waals surface area contributed by atoms with E-state index in [-0.39, 0.29) is 30.2 Å². The maximum Gasteiger partial charge on any atom is 0.333 e. The van der Waals surface area contributed by atoms with Gasteiger partial charge in [0.25, 0.3) is 0 Å². The van der Waals surface area contributed by atoms with Crippen LogP contribution in [-0.4, -0.2) is 39.5 Å². The predicted molar refractivity (Wildman–Crippen MR) is 146 cm³/mol. The number of aliphatic imine (C=N–C) groups is 1. The molecule has 0 saturated carbocycles. The van der Waals surface area contributed by atoms with Gasteiger partial charge in [-0.25, -0.2) is 18.4 Å². The molecule has 1 N–H and O–H groups in total. The van der Waals surface area contributed by atoms with E-state index in [1.165, 1.54) is 29.7 Å². The minimum Gasteiger partial charge on any atom is -0.345 e. The smallest absolute Gasteiger partial charge is 0.333 e. The first-order chi connectivity index (χ1) is 19.8. The lowest BCUT2D eigenvalue weighted by Gasteiger charge is -2.37. The van der Waals surface area contributed by atoms with Gasteiger partial charge in [-0.3, -0.25) is 4.99 Å². The fourth-order valence-corrected chi connectivity index (χ4v) is 5.67. The van der Waals surface area contributed by atoms with E-state index in [0.29, 0.717) is 32.4 Å². The van der Waals surface area contributed by atoms with Crippen molar-refractivity contribution >= 4 is 34.3 Å². The number of hydrogen-bond acceptors (Lipinski definition) is 7. The van der Waals surface area contributed by atoms with E-state index >= 15 is 4.39 Å². The number of amidine groups is 1. The molecule has 212 valence electrons. The number of halogens is 5. The molecule has 0 amide bonds. The lowest BCUT2D eigenvalue weighted by Crippen LogP contribution is -2.44. The quantitative estimate of drug-likeness (QED) is 0.233. The third-order valence-corrected chi connectivity index (χ3v) is 7.79. The van der Waals surface area contributed by atoms with Crippen LogP contribution in [0.2, 0.25) is 5.02 Å². The second-order valence-corrected chi connectivity index (χ2v) is 10.9. The van der Waals surface area contributed by atoms with Crippen molar-refractivity contribution in [3.63, 3.8) is 0 Å². The lowest BCUT2D eigenvalue weighted by atomic mass is 9.88. The van der Waals surface area contributed by atoms with Crippen molar-refractivity contribution in [1.29, 1.82) is 0 Å². The molecule has 4 heterocycles. The molecule has 2 aromatic heterocycles. The summed E-state index contributed by atoms with van der Waals surface area (Å²) in [7, 11) is 0. The van der Waals surface area contributed by atoms with Gasteiger partial charge < -0.3 is 14.8 Å². The maximum atomic E-state index is 16.4. The van der Waals surface area contributed by atoms with Gasteiger partial charge in [0.05, 0.1) is 19.4 Å². The lowest BCUT2D eigenvalue weighted by molar-refractivity contribution is -0.237. The normalized spacial score (nSPS) is 23.0. The van der Waals surface area contributed by atoms with Crippen molar-refractivity contribution in [2.75, 3.05) is 13.2 Å². The molecule has 1 atom stereocenters. The Morgan fingerprint density at radius 1 is 1.15 bits per heavy atom. The molecule has 2 aromatic carbocycles. The van der Waals surface area contributed by atoms with Crippen LogP contribution in [0.3, 0.4) is 0 Å². The van der Waals surface area contributed by atoms with Gasteiger partial charge in [0.15, 0.2) is 22.8 Å². The number of ether oxygens (including phenoxy) is 2. The SMILES string of the molecule is Fc1ccc([C@@H]2N=C(c3nccs3)NC(C[C@]3(F)CO[C@@H](c4ccccc4)OC3)=C2c2cnn(C(F)F)c2)c(Cl)c1. The minimum absolute atomic E-state index is 0.0715. The van der Waals surface area contributed by atoms with Gasteiger partial charge in [-0.05, 0) is 17.7 Å². The topological polar surface area (TPSA) is 73.6 Å². The van der Waals surface area contributed by atoms with E-state index in [2.05, 4.69) is 15.4 Å². The zero-order valence-electron chi connectivity index (χ0n) is 21.2. The minimum atomic E-state index is -2.89. The number of hydrogen-bond donors (Lipinski definition) is 1. The van der Waals surface area contributed by atoms with Crippen molar-refractivity contribution in [3.05, 3.63) is 111 Å². The molecule has 0 bridgehead atoms. The number of nitrogens with one attached hydrogen (secondary N) is 1. The van der Waals surface area contributed by atoms with Gasteiger partial charge in [0.1, 0.15) is 11.9 Å². The number of nitrogens with zero attached hydrogens (tertiary/aromatic N) is 4. The highest BCUT2D eigenvalue weighted by Gasteiger charge is 2.41. The molecule has 0 radical (unpaired) electrons. The first-order valence-corrected chi connectivity index (χ1v) is 13.8. The van der Waals surface area contributed by atoms with E-state index in [1.807, 2.05) is 30.3 Å². The Morgan fingerprint density at radius 2 is 1.93 bits per heavy atom. The van der Waals surface area contributed by atoms with E-state index < -0.39 is 30.4 Å². The summed E-state index contributed by atoms with van der Waals surface area (Å²) in [6, 6.07) is 12.1. The van der Waals surface area contributed by atoms with Gasteiger partial charge in [0.2, 0.25) is 0 Å². The van der Waals surface area contributed by atoms with Crippen LogP contribution in [0, 0.1) is 5.82 Å². The summed E-state index contributed by atoms with van der Waals surface area (Å²) in [5.41, 5.74) is 0.122. The molecular formula is C28H22ClF4N5O2S. The summed E-state index contributed by atoms with van der Waals surface area (Å²) in [6.07, 6.45) is 3.03. The predicted octanol–water partition coefficient (Wildman–Crippen LogP) is 6.87. The molecule has 1 fully saturated rings. The number of alkyl halides is 3. The van der Waals surface area contributed by atoms with E-state index in [1.54, 1.807) is 11.6 Å². The highest BCUT2D eigenvalue weighted by Crippen LogP contribution is 2.44. The largest absolute Gasteiger partial charge is 0.345 e. The number of benzene rings is 2. The molecule has 0 aliphatic carbocycles. The second-order valence-electron chi connectivity index (χ2n) is 9.58. The van der Waals surface area contributed by atoms with Crippen molar-refractivity contribution in [2.45, 2.75) is 31.0 Å². The maximum absolute atomic E-state index is 16.4. The van der Waals surface area contributed by atoms with Crippen LogP contribution >= 0.6 is 22.9 Å². The van der Waals surface area contributed by atoms with Gasteiger partial charge in [0, 0.05) is 51.6 Å². The zero-order valence-corrected chi connectivity index (χ0v) is 22.8. The van der Waals surface area contributed by atoms with Crippen molar-refractivity contribution < 1.29 is 27.0 Å². The fraction of sp³-hybridized carbons (Fsp3) is 0.250. The van der Waals surface area contributed by atoms with E-state index in [0.717, 1.165) is 17.8 Å². The summed E-state index contributed by atoms with van der Waals surface area (Å²) < 4.78 is 69.5. The molecule has 7 nitrogen and oxygen atoms in total. The molecular weight excluding hydrogens is 582 g/mol. The van der Waals surface area contributed by atoms with Crippen LogP contribution in [0.15, 0.2) is 83.2 Å². The average Bonchev–Trinajstić information content (AvgIpc) is 3.67. The van der Waals surface area contributed by atoms with Crippen LogP contribution in [0.5, 0.6) is 0 Å². The first kappa shape index (κ1) is 27.6. The highest BCUT2D eigenvalue weighted by molar-refractivity contribution is 7.11. The Labute approximate surface area is 241 Å². The van der Waals surface area contributed by atoms with Crippen molar-refractivity contribution in [1.82, 2.24) is 20.1 Å². The summed E-state index contributed by atoms with van der Waals surface area (Å²) in [6.45, 7) is -3.46. The van der Waals surface area contributed by atoms with E-state index in [9.17, 15) is 13.2 Å². The average molecular weight is 604 g/mol. The summed E-state index contributed by atoms with van der Waals surface area (Å²) in [5, 5.41) is 9.29. The van der Waals surface area contributed by atoms with Crippen LogP contribution < -0.4 is 5.32 Å². The zero-order chi connectivity index (χ0) is 28.6. The molecule has 6 rings (SSSR count). The molecule has 41 heavy (non-hydrogen) atoms. The Hall–Kier alpha value is -3.58. The molecule has 2 aliphatic heterocycles. The Bertz CT molecular complexity index is 1590. The van der Waals surface area contributed by atoms with Gasteiger partial charge >= 0.3 is 6.55 Å².